The van der Waals surface area contributed by atoms with Crippen LogP contribution in [0.15, 0.2) is 60.3 Å². The fourth-order valence-corrected chi connectivity index (χ4v) is 2.90. The third kappa shape index (κ3) is 5.67. The number of nitrogens with one attached hydrogen (secondary N) is 2. The molecule has 2 aromatic carbocycles. The zero-order valence-corrected chi connectivity index (χ0v) is 15.5. The van der Waals surface area contributed by atoms with Crippen LogP contribution in [0, 0.1) is 0 Å². The van der Waals surface area contributed by atoms with E-state index < -0.39 is 0 Å². The molecule has 0 spiro atoms. The first kappa shape index (κ1) is 19.1. The molecule has 1 saturated heterocycles. The second-order valence-electron chi connectivity index (χ2n) is 6.27. The van der Waals surface area contributed by atoms with E-state index in [1.165, 1.54) is 0 Å². The monoisotopic (exact) mass is 384 g/mol. The van der Waals surface area contributed by atoms with Crippen LogP contribution in [-0.2, 0) is 9.53 Å². The van der Waals surface area contributed by atoms with Gasteiger partial charge in [0.15, 0.2) is 0 Å². The van der Waals surface area contributed by atoms with Crippen molar-refractivity contribution in [3.05, 3.63) is 76.4 Å². The van der Waals surface area contributed by atoms with Crippen LogP contribution in [0.3, 0.4) is 0 Å². The summed E-state index contributed by atoms with van der Waals surface area (Å²) in [6.07, 6.45) is 3.57. The van der Waals surface area contributed by atoms with Crippen molar-refractivity contribution in [2.24, 2.45) is 0 Å². The van der Waals surface area contributed by atoms with Crippen molar-refractivity contribution < 1.29 is 14.3 Å². The zero-order chi connectivity index (χ0) is 19.1. The molecule has 3 rings (SSSR count). The van der Waals surface area contributed by atoms with E-state index in [9.17, 15) is 9.59 Å². The maximum absolute atomic E-state index is 12.7. The zero-order valence-electron chi connectivity index (χ0n) is 14.8. The van der Waals surface area contributed by atoms with Crippen molar-refractivity contribution in [1.29, 1.82) is 0 Å². The Kier molecular flexibility index (Phi) is 6.63. The summed E-state index contributed by atoms with van der Waals surface area (Å²) in [5.74, 6) is -0.701. The van der Waals surface area contributed by atoms with Crippen molar-refractivity contribution in [3.63, 3.8) is 0 Å². The molecule has 2 amide bonds. The molecule has 2 N–H and O–H groups in total. The van der Waals surface area contributed by atoms with Crippen molar-refractivity contribution >= 4 is 29.5 Å². The second kappa shape index (κ2) is 9.35. The summed E-state index contributed by atoms with van der Waals surface area (Å²) in [6.45, 7) is 1.14. The normalized spacial score (nSPS) is 16.8. The molecule has 2 aromatic rings. The Bertz CT molecular complexity index is 813. The standard InChI is InChI=1S/C21H21ClN2O3/c22-17-10-8-15(9-11-17)13-19(21(26)23-14-18-7-4-12-27-18)24-20(25)16-5-2-1-3-6-16/h1-3,5-6,8-11,13,18H,4,7,12,14H2,(H,23,26)(H,24,25). The number of rotatable bonds is 6. The predicted molar refractivity (Wildman–Crippen MR) is 105 cm³/mol. The highest BCUT2D eigenvalue weighted by Gasteiger charge is 2.19. The Balaban J connectivity index is 1.75. The van der Waals surface area contributed by atoms with Crippen LogP contribution in [0.4, 0.5) is 0 Å². The number of ether oxygens (including phenoxy) is 1. The van der Waals surface area contributed by atoms with Crippen molar-refractivity contribution in [1.82, 2.24) is 10.6 Å². The van der Waals surface area contributed by atoms with Gasteiger partial charge >= 0.3 is 0 Å². The number of amides is 2. The van der Waals surface area contributed by atoms with Crippen molar-refractivity contribution in [2.75, 3.05) is 13.2 Å². The smallest absolute Gasteiger partial charge is 0.267 e. The minimum atomic E-state index is -0.357. The molecule has 27 heavy (non-hydrogen) atoms. The molecule has 0 aliphatic carbocycles. The highest BCUT2D eigenvalue weighted by atomic mass is 35.5. The first-order valence-corrected chi connectivity index (χ1v) is 9.23. The molecule has 1 unspecified atom stereocenters. The van der Waals surface area contributed by atoms with Gasteiger partial charge in [0.25, 0.3) is 11.8 Å². The van der Waals surface area contributed by atoms with Gasteiger partial charge in [-0.05, 0) is 48.7 Å². The summed E-state index contributed by atoms with van der Waals surface area (Å²) in [6, 6.07) is 15.8. The summed E-state index contributed by atoms with van der Waals surface area (Å²) in [5.41, 5.74) is 1.41. The van der Waals surface area contributed by atoms with Crippen LogP contribution in [-0.4, -0.2) is 31.1 Å². The number of carbonyl (C=O) groups is 2. The van der Waals surface area contributed by atoms with E-state index in [4.69, 9.17) is 16.3 Å². The van der Waals surface area contributed by atoms with E-state index in [-0.39, 0.29) is 23.6 Å². The molecular formula is C21H21ClN2O3. The molecular weight excluding hydrogens is 364 g/mol. The van der Waals surface area contributed by atoms with Gasteiger partial charge in [-0.25, -0.2) is 0 Å². The summed E-state index contributed by atoms with van der Waals surface area (Å²) in [4.78, 5) is 25.1. The van der Waals surface area contributed by atoms with Crippen LogP contribution in [0.25, 0.3) is 6.08 Å². The lowest BCUT2D eigenvalue weighted by Gasteiger charge is -2.14. The fourth-order valence-electron chi connectivity index (χ4n) is 2.78. The van der Waals surface area contributed by atoms with E-state index in [0.717, 1.165) is 25.0 Å². The summed E-state index contributed by atoms with van der Waals surface area (Å²) < 4.78 is 5.53. The molecule has 1 heterocycles. The van der Waals surface area contributed by atoms with Gasteiger partial charge in [0, 0.05) is 23.7 Å². The lowest BCUT2D eigenvalue weighted by atomic mass is 10.1. The van der Waals surface area contributed by atoms with Crippen LogP contribution in [0.5, 0.6) is 0 Å². The average Bonchev–Trinajstić information content (AvgIpc) is 3.21. The third-order valence-electron chi connectivity index (χ3n) is 4.22. The SMILES string of the molecule is O=C(NCC1CCCO1)C(=Cc1ccc(Cl)cc1)NC(=O)c1ccccc1. The molecule has 1 atom stereocenters. The van der Waals surface area contributed by atoms with Gasteiger partial charge in [0.1, 0.15) is 5.70 Å². The van der Waals surface area contributed by atoms with E-state index in [2.05, 4.69) is 10.6 Å². The Hall–Kier alpha value is -2.63. The Morgan fingerprint density at radius 1 is 1.11 bits per heavy atom. The fraction of sp³-hybridized carbons (Fsp3) is 0.238. The maximum atomic E-state index is 12.7. The van der Waals surface area contributed by atoms with Crippen LogP contribution in [0.1, 0.15) is 28.8 Å². The van der Waals surface area contributed by atoms with Gasteiger partial charge in [-0.1, -0.05) is 41.9 Å². The van der Waals surface area contributed by atoms with Crippen molar-refractivity contribution in [2.45, 2.75) is 18.9 Å². The summed E-state index contributed by atoms with van der Waals surface area (Å²) in [7, 11) is 0. The van der Waals surface area contributed by atoms with E-state index in [0.29, 0.717) is 17.1 Å². The number of hydrogen-bond acceptors (Lipinski definition) is 3. The highest BCUT2D eigenvalue weighted by Crippen LogP contribution is 2.13. The Labute approximate surface area is 163 Å². The molecule has 0 aromatic heterocycles. The molecule has 6 heteroatoms. The van der Waals surface area contributed by atoms with Gasteiger partial charge in [-0.15, -0.1) is 0 Å². The van der Waals surface area contributed by atoms with Crippen LogP contribution >= 0.6 is 11.6 Å². The molecule has 1 aliphatic heterocycles. The topological polar surface area (TPSA) is 67.4 Å². The largest absolute Gasteiger partial charge is 0.376 e. The predicted octanol–water partition coefficient (Wildman–Crippen LogP) is 3.41. The Morgan fingerprint density at radius 3 is 2.52 bits per heavy atom. The molecule has 0 saturated carbocycles. The van der Waals surface area contributed by atoms with Gasteiger partial charge in [0.05, 0.1) is 6.10 Å². The van der Waals surface area contributed by atoms with Gasteiger partial charge in [-0.3, -0.25) is 9.59 Å². The minimum absolute atomic E-state index is 0.0237. The average molecular weight is 385 g/mol. The van der Waals surface area contributed by atoms with Crippen molar-refractivity contribution in [3.8, 4) is 0 Å². The third-order valence-corrected chi connectivity index (χ3v) is 4.48. The molecule has 1 fully saturated rings. The van der Waals surface area contributed by atoms with Crippen LogP contribution in [0.2, 0.25) is 5.02 Å². The molecule has 0 radical (unpaired) electrons. The molecule has 0 bridgehead atoms. The number of halogens is 1. The minimum Gasteiger partial charge on any atom is -0.376 e. The van der Waals surface area contributed by atoms with Gasteiger partial charge in [-0.2, -0.15) is 0 Å². The van der Waals surface area contributed by atoms with E-state index >= 15 is 0 Å². The Morgan fingerprint density at radius 2 is 1.85 bits per heavy atom. The summed E-state index contributed by atoms with van der Waals surface area (Å²) in [5, 5.41) is 6.15. The van der Waals surface area contributed by atoms with E-state index in [1.54, 1.807) is 54.6 Å². The highest BCUT2D eigenvalue weighted by molar-refractivity contribution is 6.30. The quantitative estimate of drug-likeness (QED) is 0.750. The molecule has 140 valence electrons. The maximum Gasteiger partial charge on any atom is 0.267 e. The van der Waals surface area contributed by atoms with E-state index in [1.807, 2.05) is 6.07 Å². The number of benzene rings is 2. The van der Waals surface area contributed by atoms with Gasteiger partial charge < -0.3 is 15.4 Å². The van der Waals surface area contributed by atoms with Crippen LogP contribution < -0.4 is 10.6 Å². The molecule has 1 aliphatic rings. The van der Waals surface area contributed by atoms with Gasteiger partial charge in [0.2, 0.25) is 0 Å². The first-order valence-electron chi connectivity index (χ1n) is 8.85. The summed E-state index contributed by atoms with van der Waals surface area (Å²) >= 11 is 5.91. The first-order chi connectivity index (χ1) is 13.1. The second-order valence-corrected chi connectivity index (χ2v) is 6.71. The number of hydrogen-bond donors (Lipinski definition) is 2. The lowest BCUT2D eigenvalue weighted by Crippen LogP contribution is -2.38. The lowest BCUT2D eigenvalue weighted by molar-refractivity contribution is -0.118. The molecule has 5 nitrogen and oxygen atoms in total. The number of carbonyl (C=O) groups excluding carboxylic acids is 2.